The normalized spacial score (nSPS) is 13.1. The van der Waals surface area contributed by atoms with E-state index < -0.39 is 0 Å². The van der Waals surface area contributed by atoms with Gasteiger partial charge < -0.3 is 25.1 Å². The molecule has 0 unspecified atom stereocenters. The van der Waals surface area contributed by atoms with Crippen molar-refractivity contribution in [3.8, 4) is 11.5 Å². The van der Waals surface area contributed by atoms with E-state index in [9.17, 15) is 9.59 Å². The number of nitrogens with one attached hydrogen (secondary N) is 3. The van der Waals surface area contributed by atoms with Gasteiger partial charge in [-0.05, 0) is 103 Å². The summed E-state index contributed by atoms with van der Waals surface area (Å²) in [7, 11) is 0. The molecule has 7 nitrogen and oxygen atoms in total. The molecule has 1 fully saturated rings. The maximum atomic E-state index is 12.2. The molecule has 0 aliphatic heterocycles. The highest BCUT2D eigenvalue weighted by Crippen LogP contribution is 2.29. The van der Waals surface area contributed by atoms with E-state index in [1.165, 1.54) is 54.0 Å². The third-order valence-corrected chi connectivity index (χ3v) is 9.15. The molecule has 3 N–H and O–H groups in total. The Balaban J connectivity index is 1.01. The minimum atomic E-state index is 0.148. The summed E-state index contributed by atoms with van der Waals surface area (Å²) in [6, 6.07) is 18.8. The zero-order valence-corrected chi connectivity index (χ0v) is 27.5. The van der Waals surface area contributed by atoms with Crippen LogP contribution in [-0.4, -0.2) is 43.1 Å². The molecular weight excluding hydrogens is 574 g/mol. The molecule has 3 aromatic carbocycles. The number of rotatable bonds is 20. The van der Waals surface area contributed by atoms with Gasteiger partial charge >= 0.3 is 0 Å². The Morgan fingerprint density at radius 2 is 1.50 bits per heavy atom. The van der Waals surface area contributed by atoms with Crippen LogP contribution < -0.4 is 20.1 Å². The molecule has 7 heteroatoms. The average molecular weight is 626 g/mol. The minimum Gasteiger partial charge on any atom is -0.494 e. The highest BCUT2D eigenvalue weighted by molar-refractivity contribution is 5.87. The van der Waals surface area contributed by atoms with Crippen molar-refractivity contribution in [1.82, 2.24) is 15.6 Å². The van der Waals surface area contributed by atoms with E-state index >= 15 is 0 Å². The third kappa shape index (κ3) is 10.0. The number of aromatic amines is 1. The van der Waals surface area contributed by atoms with Crippen LogP contribution in [0.25, 0.3) is 21.7 Å². The third-order valence-electron chi connectivity index (χ3n) is 9.15. The predicted octanol–water partition coefficient (Wildman–Crippen LogP) is 8.04. The lowest BCUT2D eigenvalue weighted by Gasteiger charge is -2.24. The van der Waals surface area contributed by atoms with Crippen molar-refractivity contribution in [3.05, 3.63) is 71.9 Å². The van der Waals surface area contributed by atoms with E-state index in [4.69, 9.17) is 9.47 Å². The van der Waals surface area contributed by atoms with Crippen molar-refractivity contribution >= 4 is 33.5 Å². The fourth-order valence-electron chi connectivity index (χ4n) is 6.17. The zero-order chi connectivity index (χ0) is 32.0. The Labute approximate surface area is 273 Å². The van der Waals surface area contributed by atoms with Crippen molar-refractivity contribution in [2.45, 2.75) is 90.4 Å². The number of H-pyrrole nitrogens is 1. The first kappa shape index (κ1) is 33.4. The van der Waals surface area contributed by atoms with Gasteiger partial charge in [-0.15, -0.1) is 0 Å². The summed E-state index contributed by atoms with van der Waals surface area (Å²) < 4.78 is 12.2. The first-order valence-electron chi connectivity index (χ1n) is 17.5. The Bertz CT molecular complexity index is 1560. The van der Waals surface area contributed by atoms with E-state index in [1.807, 2.05) is 18.3 Å². The maximum Gasteiger partial charge on any atom is 0.220 e. The molecule has 0 spiro atoms. The Kier molecular flexibility index (Phi) is 12.8. The van der Waals surface area contributed by atoms with Crippen molar-refractivity contribution in [3.63, 3.8) is 0 Å². The molecule has 0 saturated heterocycles. The maximum absolute atomic E-state index is 12.2. The number of aromatic nitrogens is 1. The molecule has 246 valence electrons. The summed E-state index contributed by atoms with van der Waals surface area (Å²) in [6.45, 7) is 4.73. The molecule has 1 aromatic heterocycles. The first-order valence-corrected chi connectivity index (χ1v) is 17.5. The van der Waals surface area contributed by atoms with Gasteiger partial charge in [-0.1, -0.05) is 56.9 Å². The van der Waals surface area contributed by atoms with Gasteiger partial charge in [0.15, 0.2) is 0 Å². The number of carbonyl (C=O) groups excluding carboxylic acids is 2. The number of hydrogen-bond acceptors (Lipinski definition) is 4. The summed E-state index contributed by atoms with van der Waals surface area (Å²) in [5.74, 6) is 2.64. The van der Waals surface area contributed by atoms with Gasteiger partial charge in [-0.2, -0.15) is 0 Å². The molecule has 0 atom stereocenters. The molecule has 1 saturated carbocycles. The molecule has 2 amide bonds. The number of benzene rings is 3. The van der Waals surface area contributed by atoms with Crippen LogP contribution in [0.15, 0.2) is 60.8 Å². The summed E-state index contributed by atoms with van der Waals surface area (Å²) in [5, 5.41) is 9.68. The fourth-order valence-corrected chi connectivity index (χ4v) is 6.17. The van der Waals surface area contributed by atoms with Crippen LogP contribution >= 0.6 is 0 Å². The van der Waals surface area contributed by atoms with Crippen LogP contribution in [0.5, 0.6) is 11.5 Å². The van der Waals surface area contributed by atoms with Crippen molar-refractivity contribution in [1.29, 1.82) is 0 Å². The molecule has 4 aromatic rings. The summed E-state index contributed by atoms with van der Waals surface area (Å²) in [4.78, 5) is 27.7. The van der Waals surface area contributed by atoms with Gasteiger partial charge in [0.2, 0.25) is 11.8 Å². The van der Waals surface area contributed by atoms with Crippen LogP contribution in [-0.2, 0) is 22.4 Å². The zero-order valence-electron chi connectivity index (χ0n) is 27.5. The standard InChI is InChI=1S/C39H51N3O4/c1-2-3-4-5-14-38(43)40-21-19-31-13-9-12-30-15-16-33(26-35(30)31)45-23-6-7-24-46-34-17-18-37-36(27-34)32(28-42-37)20-22-41-39(44)25-29-10-8-11-29/h9,12-13,15-18,26-29,42H,2-8,10-11,14,19-25H2,1H3,(H,40,43)(H,41,44). The highest BCUT2D eigenvalue weighted by atomic mass is 16.5. The first-order chi connectivity index (χ1) is 22.6. The highest BCUT2D eigenvalue weighted by Gasteiger charge is 2.20. The predicted molar refractivity (Wildman–Crippen MR) is 187 cm³/mol. The topological polar surface area (TPSA) is 92.4 Å². The second-order valence-corrected chi connectivity index (χ2v) is 12.7. The van der Waals surface area contributed by atoms with Crippen LogP contribution in [0, 0.1) is 5.92 Å². The quantitative estimate of drug-likeness (QED) is 0.0867. The summed E-state index contributed by atoms with van der Waals surface area (Å²) >= 11 is 0. The van der Waals surface area contributed by atoms with E-state index in [2.05, 4.69) is 65.0 Å². The van der Waals surface area contributed by atoms with Gasteiger partial charge in [-0.3, -0.25) is 9.59 Å². The Morgan fingerprint density at radius 1 is 0.783 bits per heavy atom. The molecule has 46 heavy (non-hydrogen) atoms. The van der Waals surface area contributed by atoms with Crippen molar-refractivity contribution in [2.24, 2.45) is 5.92 Å². The van der Waals surface area contributed by atoms with Crippen molar-refractivity contribution < 1.29 is 19.1 Å². The number of amides is 2. The summed E-state index contributed by atoms with van der Waals surface area (Å²) in [6.07, 6.45) is 14.8. The van der Waals surface area contributed by atoms with E-state index in [0.29, 0.717) is 45.1 Å². The van der Waals surface area contributed by atoms with E-state index in [0.717, 1.165) is 60.9 Å². The second-order valence-electron chi connectivity index (χ2n) is 12.7. The molecule has 0 bridgehead atoms. The number of fused-ring (bicyclic) bond motifs is 2. The van der Waals surface area contributed by atoms with Gasteiger partial charge in [0.1, 0.15) is 11.5 Å². The molecular formula is C39H51N3O4. The lowest BCUT2D eigenvalue weighted by Crippen LogP contribution is -2.29. The average Bonchev–Trinajstić information content (AvgIpc) is 3.45. The van der Waals surface area contributed by atoms with Crippen LogP contribution in [0.3, 0.4) is 0 Å². The van der Waals surface area contributed by atoms with Crippen LogP contribution in [0.1, 0.15) is 88.7 Å². The fraction of sp³-hybridized carbons (Fsp3) is 0.487. The lowest BCUT2D eigenvalue weighted by atomic mass is 9.83. The molecule has 1 heterocycles. The SMILES string of the molecule is CCCCCCC(=O)NCCc1cccc2ccc(OCCCCOc3ccc4[nH]cc(CCNC(=O)CC5CCC5)c4c3)cc12. The van der Waals surface area contributed by atoms with E-state index in [-0.39, 0.29) is 11.8 Å². The van der Waals surface area contributed by atoms with E-state index in [1.54, 1.807) is 0 Å². The minimum absolute atomic E-state index is 0.148. The number of unbranched alkanes of at least 4 members (excludes halogenated alkanes) is 4. The number of carbonyl (C=O) groups is 2. The monoisotopic (exact) mass is 625 g/mol. The smallest absolute Gasteiger partial charge is 0.220 e. The molecule has 5 rings (SSSR count). The lowest BCUT2D eigenvalue weighted by molar-refractivity contribution is -0.122. The molecule has 1 aliphatic carbocycles. The Morgan fingerprint density at radius 3 is 2.24 bits per heavy atom. The number of ether oxygens (including phenoxy) is 2. The van der Waals surface area contributed by atoms with Crippen LogP contribution in [0.4, 0.5) is 0 Å². The summed E-state index contributed by atoms with van der Waals surface area (Å²) in [5.41, 5.74) is 3.50. The van der Waals surface area contributed by atoms with Gasteiger partial charge in [0.25, 0.3) is 0 Å². The van der Waals surface area contributed by atoms with Crippen molar-refractivity contribution in [2.75, 3.05) is 26.3 Å². The Hall–Kier alpha value is -4.00. The number of hydrogen-bond donors (Lipinski definition) is 3. The second kappa shape index (κ2) is 17.6. The van der Waals surface area contributed by atoms with Gasteiger partial charge in [0.05, 0.1) is 13.2 Å². The van der Waals surface area contributed by atoms with Crippen LogP contribution in [0.2, 0.25) is 0 Å². The largest absolute Gasteiger partial charge is 0.494 e. The van der Waals surface area contributed by atoms with Gasteiger partial charge in [-0.25, -0.2) is 0 Å². The molecule has 1 aliphatic rings. The van der Waals surface area contributed by atoms with Gasteiger partial charge in [0, 0.05) is 43.0 Å². The molecule has 0 radical (unpaired) electrons.